The lowest BCUT2D eigenvalue weighted by atomic mass is 10.0. The van der Waals surface area contributed by atoms with E-state index in [0.717, 1.165) is 122 Å². The maximum Gasteiger partial charge on any atom is 0.361 e. The molecule has 0 spiro atoms. The molecule has 0 aliphatic carbocycles. The molecule has 0 fully saturated rings. The van der Waals surface area contributed by atoms with E-state index in [4.69, 9.17) is 18.9 Å². The van der Waals surface area contributed by atoms with E-state index in [9.17, 15) is 19.5 Å². The molecule has 0 saturated carbocycles. The zero-order valence-electron chi connectivity index (χ0n) is 51.9. The molecule has 0 heterocycles. The predicted octanol–water partition coefficient (Wildman–Crippen LogP) is 19.6. The van der Waals surface area contributed by atoms with Gasteiger partial charge in [-0.25, -0.2) is 4.79 Å². The molecular weight excluding hydrogens is 995 g/mol. The Kier molecular flexibility index (Phi) is 57.5. The highest BCUT2D eigenvalue weighted by Crippen LogP contribution is 2.16. The lowest BCUT2D eigenvalue weighted by Gasteiger charge is -2.25. The highest BCUT2D eigenvalue weighted by molar-refractivity contribution is 5.71. The van der Waals surface area contributed by atoms with Gasteiger partial charge in [0.2, 0.25) is 0 Å². The first kappa shape index (κ1) is 75.7. The highest BCUT2D eigenvalue weighted by Gasteiger charge is 2.25. The largest absolute Gasteiger partial charge is 0.477 e. The first-order valence-electron chi connectivity index (χ1n) is 32.2. The molecule has 0 aromatic rings. The highest BCUT2D eigenvalue weighted by atomic mass is 16.7. The van der Waals surface area contributed by atoms with Gasteiger partial charge in [-0.15, -0.1) is 0 Å². The molecule has 2 unspecified atom stereocenters. The Morgan fingerprint density at radius 1 is 0.388 bits per heavy atom. The molecular formula is C71H120NO8+. The monoisotopic (exact) mass is 1110 g/mol. The number of hydrogen-bond donors (Lipinski definition) is 1. The van der Waals surface area contributed by atoms with Gasteiger partial charge in [-0.1, -0.05) is 270 Å². The number of rotatable bonds is 58. The number of ether oxygens (including phenoxy) is 4. The molecule has 2 atom stereocenters. The van der Waals surface area contributed by atoms with Gasteiger partial charge < -0.3 is 28.5 Å². The van der Waals surface area contributed by atoms with Crippen molar-refractivity contribution < 1.29 is 42.9 Å². The zero-order chi connectivity index (χ0) is 58.3. The second kappa shape index (κ2) is 60.8. The zero-order valence-corrected chi connectivity index (χ0v) is 51.9. The van der Waals surface area contributed by atoms with Gasteiger partial charge in [0.15, 0.2) is 6.10 Å². The quantitative estimate of drug-likeness (QED) is 0.0211. The molecule has 9 heteroatoms. The standard InChI is InChI=1S/C71H119NO8/c1-6-8-10-12-14-16-18-20-22-24-26-27-28-29-30-31-32-33-34-35-36-37-38-39-40-41-42-43-44-46-48-50-52-54-56-58-60-62-69(74)80-67(66-79-71(70(75)76)77-64-63-72(3,4)5)65-78-68(73)61-59-57-55-53-51-49-47-45-25-23-21-19-17-15-13-11-9-7-2/h8,10,14,16,20,22,26-27,29-30,32-33,35-36,38-39,41-42,44,46,67,71H,6-7,9,11-13,15,17-19,21,23-25,28,31,34,37,40,43,45,47-66H2,1-5H3/p+1/b10-8-,16-14-,22-20-,27-26-,30-29-,33-32-,36-35-,39-38-,42-41-,46-44-. The van der Waals surface area contributed by atoms with E-state index in [1.165, 1.54) is 96.3 Å². The Morgan fingerprint density at radius 3 is 1.06 bits per heavy atom. The van der Waals surface area contributed by atoms with E-state index in [2.05, 4.69) is 135 Å². The second-order valence-corrected chi connectivity index (χ2v) is 22.3. The van der Waals surface area contributed by atoms with Crippen LogP contribution in [-0.2, 0) is 33.3 Å². The second-order valence-electron chi connectivity index (χ2n) is 22.3. The SMILES string of the molecule is CC/C=C\C/C=C\C/C=C\C/C=C\C/C=C\C/C=C\C/C=C\C/C=C\C/C=C\C/C=C\CCCCCCCCC(=O)OC(COC(=O)CCCCCCCCCCCCCCCCCCCC)COC(OCC[N+](C)(C)C)C(=O)O. The molecule has 0 aromatic carbocycles. The van der Waals surface area contributed by atoms with Gasteiger partial charge in [0, 0.05) is 12.8 Å². The lowest BCUT2D eigenvalue weighted by Crippen LogP contribution is -2.40. The van der Waals surface area contributed by atoms with Crippen molar-refractivity contribution in [3.63, 3.8) is 0 Å². The summed E-state index contributed by atoms with van der Waals surface area (Å²) in [4.78, 5) is 37.5. The van der Waals surface area contributed by atoms with Gasteiger partial charge in [0.25, 0.3) is 6.29 Å². The average Bonchev–Trinajstić information content (AvgIpc) is 3.43. The van der Waals surface area contributed by atoms with E-state index < -0.39 is 24.3 Å². The van der Waals surface area contributed by atoms with Crippen LogP contribution in [0.4, 0.5) is 0 Å². The number of nitrogens with zero attached hydrogens (tertiary/aromatic N) is 1. The molecule has 1 N–H and O–H groups in total. The molecule has 0 rings (SSSR count). The summed E-state index contributed by atoms with van der Waals surface area (Å²) in [5.41, 5.74) is 0. The van der Waals surface area contributed by atoms with Gasteiger partial charge in [0.05, 0.1) is 34.4 Å². The van der Waals surface area contributed by atoms with Gasteiger partial charge in [-0.3, -0.25) is 9.59 Å². The number of aliphatic carboxylic acids is 1. The molecule has 0 saturated heterocycles. The first-order valence-corrected chi connectivity index (χ1v) is 32.2. The fourth-order valence-electron chi connectivity index (χ4n) is 8.57. The molecule has 456 valence electrons. The Morgan fingerprint density at radius 2 is 0.713 bits per heavy atom. The number of carbonyl (C=O) groups excluding carboxylic acids is 2. The molecule has 0 radical (unpaired) electrons. The number of allylic oxidation sites excluding steroid dienone is 20. The van der Waals surface area contributed by atoms with E-state index in [1.807, 2.05) is 21.1 Å². The maximum atomic E-state index is 12.9. The van der Waals surface area contributed by atoms with Crippen molar-refractivity contribution in [1.82, 2.24) is 0 Å². The summed E-state index contributed by atoms with van der Waals surface area (Å²) < 4.78 is 22.9. The summed E-state index contributed by atoms with van der Waals surface area (Å²) in [6.07, 6.45) is 82.9. The van der Waals surface area contributed by atoms with Crippen molar-refractivity contribution in [2.24, 2.45) is 0 Å². The van der Waals surface area contributed by atoms with Crippen molar-refractivity contribution in [3.05, 3.63) is 122 Å². The van der Waals surface area contributed by atoms with Gasteiger partial charge in [-0.05, 0) is 89.9 Å². The summed E-state index contributed by atoms with van der Waals surface area (Å²) in [6, 6.07) is 0. The summed E-state index contributed by atoms with van der Waals surface area (Å²) in [7, 11) is 5.96. The van der Waals surface area contributed by atoms with Crippen molar-refractivity contribution in [1.29, 1.82) is 0 Å². The van der Waals surface area contributed by atoms with Crippen LogP contribution in [0, 0.1) is 0 Å². The third-order valence-corrected chi connectivity index (χ3v) is 13.5. The lowest BCUT2D eigenvalue weighted by molar-refractivity contribution is -0.870. The van der Waals surface area contributed by atoms with Crippen LogP contribution >= 0.6 is 0 Å². The number of quaternary nitrogens is 1. The van der Waals surface area contributed by atoms with Crippen LogP contribution in [-0.4, -0.2) is 87.4 Å². The van der Waals surface area contributed by atoms with Crippen LogP contribution < -0.4 is 0 Å². The molecule has 0 bridgehead atoms. The van der Waals surface area contributed by atoms with Crippen LogP contribution in [0.1, 0.15) is 251 Å². The van der Waals surface area contributed by atoms with Crippen LogP contribution in [0.5, 0.6) is 0 Å². The summed E-state index contributed by atoms with van der Waals surface area (Å²) in [5, 5.41) is 9.72. The topological polar surface area (TPSA) is 108 Å². The Bertz CT molecular complexity index is 1730. The molecule has 9 nitrogen and oxygen atoms in total. The minimum Gasteiger partial charge on any atom is -0.477 e. The number of hydrogen-bond acceptors (Lipinski definition) is 7. The fraction of sp³-hybridized carbons (Fsp3) is 0.676. The van der Waals surface area contributed by atoms with Crippen molar-refractivity contribution in [2.75, 3.05) is 47.5 Å². The normalized spacial score (nSPS) is 13.6. The Labute approximate surface area is 491 Å². The Balaban J connectivity index is 4.23. The number of esters is 2. The summed E-state index contributed by atoms with van der Waals surface area (Å²) in [6.45, 7) is 4.75. The van der Waals surface area contributed by atoms with Crippen LogP contribution in [0.15, 0.2) is 122 Å². The fourth-order valence-corrected chi connectivity index (χ4v) is 8.57. The molecule has 80 heavy (non-hydrogen) atoms. The van der Waals surface area contributed by atoms with Crippen LogP contribution in [0.3, 0.4) is 0 Å². The molecule has 0 aromatic heterocycles. The van der Waals surface area contributed by atoms with E-state index in [-0.39, 0.29) is 32.2 Å². The number of carboxylic acid groups (broad SMARTS) is 1. The van der Waals surface area contributed by atoms with Crippen molar-refractivity contribution >= 4 is 17.9 Å². The van der Waals surface area contributed by atoms with Crippen LogP contribution in [0.2, 0.25) is 0 Å². The summed E-state index contributed by atoms with van der Waals surface area (Å²) in [5.74, 6) is -2.03. The molecule has 0 aliphatic heterocycles. The first-order chi connectivity index (χ1) is 39.1. The molecule has 0 aliphatic rings. The number of unbranched alkanes of at least 4 members (excludes halogenated alkanes) is 23. The third-order valence-electron chi connectivity index (χ3n) is 13.5. The number of carbonyl (C=O) groups is 3. The van der Waals surface area contributed by atoms with E-state index in [1.54, 1.807) is 0 Å². The van der Waals surface area contributed by atoms with Crippen LogP contribution in [0.25, 0.3) is 0 Å². The average molecular weight is 1120 g/mol. The van der Waals surface area contributed by atoms with E-state index >= 15 is 0 Å². The predicted molar refractivity (Wildman–Crippen MR) is 341 cm³/mol. The molecule has 0 amide bonds. The van der Waals surface area contributed by atoms with E-state index in [0.29, 0.717) is 23.9 Å². The van der Waals surface area contributed by atoms with Crippen molar-refractivity contribution in [2.45, 2.75) is 264 Å². The van der Waals surface area contributed by atoms with Gasteiger partial charge >= 0.3 is 17.9 Å². The number of carboxylic acids is 1. The smallest absolute Gasteiger partial charge is 0.361 e. The Hall–Kier alpha value is -4.31. The number of likely N-dealkylation sites (N-methyl/N-ethyl adjacent to an activating group) is 1. The van der Waals surface area contributed by atoms with Crippen molar-refractivity contribution in [3.8, 4) is 0 Å². The minimum absolute atomic E-state index is 0.180. The van der Waals surface area contributed by atoms with Gasteiger partial charge in [0.1, 0.15) is 13.2 Å². The minimum atomic E-state index is -1.52. The third kappa shape index (κ3) is 61.3. The summed E-state index contributed by atoms with van der Waals surface area (Å²) >= 11 is 0. The van der Waals surface area contributed by atoms with Gasteiger partial charge in [-0.2, -0.15) is 0 Å². The maximum absolute atomic E-state index is 12.9.